The van der Waals surface area contributed by atoms with E-state index in [2.05, 4.69) is 37.0 Å². The molecule has 0 saturated heterocycles. The van der Waals surface area contributed by atoms with Crippen molar-refractivity contribution in [3.63, 3.8) is 0 Å². The molecule has 0 fully saturated rings. The summed E-state index contributed by atoms with van der Waals surface area (Å²) in [6.45, 7) is 4.50. The van der Waals surface area contributed by atoms with E-state index in [4.69, 9.17) is 5.73 Å². The number of hydrogen-bond donors (Lipinski definition) is 1. The van der Waals surface area contributed by atoms with Crippen LogP contribution in [-0.4, -0.2) is 4.98 Å². The number of benzene rings is 1. The summed E-state index contributed by atoms with van der Waals surface area (Å²) in [5.41, 5.74) is 7.32. The first-order valence-corrected chi connectivity index (χ1v) is 6.77. The van der Waals surface area contributed by atoms with E-state index in [1.807, 2.05) is 18.3 Å². The van der Waals surface area contributed by atoms with Crippen molar-refractivity contribution >= 4 is 10.8 Å². The van der Waals surface area contributed by atoms with Gasteiger partial charge in [-0.3, -0.25) is 4.98 Å². The fourth-order valence-electron chi connectivity index (χ4n) is 2.32. The van der Waals surface area contributed by atoms with Crippen LogP contribution in [0.3, 0.4) is 0 Å². The summed E-state index contributed by atoms with van der Waals surface area (Å²) < 4.78 is 0. The maximum atomic E-state index is 6.28. The van der Waals surface area contributed by atoms with E-state index in [1.54, 1.807) is 0 Å². The second-order valence-corrected chi connectivity index (χ2v) is 5.35. The van der Waals surface area contributed by atoms with Gasteiger partial charge in [0.25, 0.3) is 0 Å². The molecular formula is C16H22N2. The molecule has 0 spiro atoms. The quantitative estimate of drug-likeness (QED) is 0.858. The Hall–Kier alpha value is -1.41. The van der Waals surface area contributed by atoms with Gasteiger partial charge in [-0.1, -0.05) is 51.0 Å². The van der Waals surface area contributed by atoms with Gasteiger partial charge in [0.2, 0.25) is 0 Å². The first kappa shape index (κ1) is 13.0. The molecule has 2 nitrogen and oxygen atoms in total. The Bertz CT molecular complexity index is 500. The summed E-state index contributed by atoms with van der Waals surface area (Å²) in [5, 5.41) is 2.42. The molecule has 0 aliphatic heterocycles. The van der Waals surface area contributed by atoms with Crippen molar-refractivity contribution in [1.29, 1.82) is 0 Å². The summed E-state index contributed by atoms with van der Waals surface area (Å²) in [7, 11) is 0. The lowest BCUT2D eigenvalue weighted by Crippen LogP contribution is -2.12. The van der Waals surface area contributed by atoms with Crippen molar-refractivity contribution in [3.05, 3.63) is 42.2 Å². The number of pyridine rings is 1. The highest BCUT2D eigenvalue weighted by atomic mass is 14.8. The van der Waals surface area contributed by atoms with Crippen LogP contribution in [0.25, 0.3) is 10.8 Å². The number of aromatic nitrogens is 1. The molecule has 2 aromatic rings. The van der Waals surface area contributed by atoms with Crippen molar-refractivity contribution in [2.24, 2.45) is 11.7 Å². The number of hydrogen-bond acceptors (Lipinski definition) is 2. The molecule has 96 valence electrons. The zero-order valence-corrected chi connectivity index (χ0v) is 11.3. The number of rotatable bonds is 5. The van der Waals surface area contributed by atoms with Crippen molar-refractivity contribution in [3.8, 4) is 0 Å². The Morgan fingerprint density at radius 1 is 1.11 bits per heavy atom. The van der Waals surface area contributed by atoms with Gasteiger partial charge in [-0.2, -0.15) is 0 Å². The lowest BCUT2D eigenvalue weighted by molar-refractivity contribution is 0.503. The summed E-state index contributed by atoms with van der Waals surface area (Å²) in [6.07, 6.45) is 5.28. The fourth-order valence-corrected chi connectivity index (χ4v) is 2.32. The molecule has 1 unspecified atom stereocenters. The van der Waals surface area contributed by atoms with Gasteiger partial charge in [0.1, 0.15) is 0 Å². The minimum atomic E-state index is 0.0508. The molecule has 0 aliphatic rings. The van der Waals surface area contributed by atoms with Gasteiger partial charge in [-0.05, 0) is 23.8 Å². The highest BCUT2D eigenvalue weighted by molar-refractivity contribution is 5.84. The predicted molar refractivity (Wildman–Crippen MR) is 77.4 cm³/mol. The second kappa shape index (κ2) is 5.96. The predicted octanol–water partition coefficient (Wildman–Crippen LogP) is 4.06. The van der Waals surface area contributed by atoms with Crippen LogP contribution in [-0.2, 0) is 0 Å². The maximum Gasteiger partial charge on any atom is 0.0649 e. The highest BCUT2D eigenvalue weighted by Crippen LogP contribution is 2.24. The second-order valence-electron chi connectivity index (χ2n) is 5.35. The first-order valence-electron chi connectivity index (χ1n) is 6.77. The van der Waals surface area contributed by atoms with E-state index >= 15 is 0 Å². The highest BCUT2D eigenvalue weighted by Gasteiger charge is 2.11. The summed E-state index contributed by atoms with van der Waals surface area (Å²) >= 11 is 0. The van der Waals surface area contributed by atoms with E-state index in [9.17, 15) is 0 Å². The minimum Gasteiger partial charge on any atom is -0.323 e. The largest absolute Gasteiger partial charge is 0.323 e. The lowest BCUT2D eigenvalue weighted by atomic mass is 9.99. The molecule has 0 bridgehead atoms. The molecule has 2 N–H and O–H groups in total. The van der Waals surface area contributed by atoms with E-state index in [-0.39, 0.29) is 6.04 Å². The normalized spacial score (nSPS) is 13.1. The minimum absolute atomic E-state index is 0.0508. The Kier molecular flexibility index (Phi) is 4.32. The SMILES string of the molecule is CC(C)CCCC(N)c1nccc2ccccc12. The average molecular weight is 242 g/mol. The first-order chi connectivity index (χ1) is 8.68. The number of nitrogens with zero attached hydrogens (tertiary/aromatic N) is 1. The molecule has 2 rings (SSSR count). The smallest absolute Gasteiger partial charge is 0.0649 e. The van der Waals surface area contributed by atoms with Gasteiger partial charge in [-0.25, -0.2) is 0 Å². The van der Waals surface area contributed by atoms with Crippen molar-refractivity contribution < 1.29 is 0 Å². The number of fused-ring (bicyclic) bond motifs is 1. The molecule has 18 heavy (non-hydrogen) atoms. The third-order valence-corrected chi connectivity index (χ3v) is 3.35. The van der Waals surface area contributed by atoms with Gasteiger partial charge >= 0.3 is 0 Å². The summed E-state index contributed by atoms with van der Waals surface area (Å²) in [4.78, 5) is 4.48. The molecule has 0 amide bonds. The molecule has 0 radical (unpaired) electrons. The summed E-state index contributed by atoms with van der Waals surface area (Å²) in [5.74, 6) is 0.748. The Morgan fingerprint density at radius 2 is 1.89 bits per heavy atom. The number of nitrogens with two attached hydrogens (primary N) is 1. The topological polar surface area (TPSA) is 38.9 Å². The Labute approximate surface area is 109 Å². The molecule has 1 aromatic carbocycles. The van der Waals surface area contributed by atoms with Crippen LogP contribution >= 0.6 is 0 Å². The van der Waals surface area contributed by atoms with Gasteiger partial charge in [0.05, 0.1) is 5.69 Å². The van der Waals surface area contributed by atoms with Crippen LogP contribution in [0, 0.1) is 5.92 Å². The fraction of sp³-hybridized carbons (Fsp3) is 0.438. The Balaban J connectivity index is 2.15. The van der Waals surface area contributed by atoms with E-state index in [0.29, 0.717) is 0 Å². The third kappa shape index (κ3) is 3.08. The van der Waals surface area contributed by atoms with Crippen LogP contribution < -0.4 is 5.73 Å². The zero-order valence-electron chi connectivity index (χ0n) is 11.3. The van der Waals surface area contributed by atoms with E-state index in [0.717, 1.165) is 18.0 Å². The maximum absolute atomic E-state index is 6.28. The van der Waals surface area contributed by atoms with Crippen molar-refractivity contribution in [2.45, 2.75) is 39.2 Å². The molecule has 0 aliphatic carbocycles. The van der Waals surface area contributed by atoms with Crippen LogP contribution in [0.4, 0.5) is 0 Å². The molecule has 2 heteroatoms. The third-order valence-electron chi connectivity index (χ3n) is 3.35. The average Bonchev–Trinajstić information content (AvgIpc) is 2.37. The van der Waals surface area contributed by atoms with Crippen LogP contribution in [0.15, 0.2) is 36.5 Å². The zero-order chi connectivity index (χ0) is 13.0. The Morgan fingerprint density at radius 3 is 2.67 bits per heavy atom. The summed E-state index contributed by atoms with van der Waals surface area (Å²) in [6, 6.07) is 10.4. The van der Waals surface area contributed by atoms with Crippen LogP contribution in [0.1, 0.15) is 44.8 Å². The van der Waals surface area contributed by atoms with Crippen molar-refractivity contribution in [1.82, 2.24) is 4.98 Å². The monoisotopic (exact) mass is 242 g/mol. The lowest BCUT2D eigenvalue weighted by Gasteiger charge is -2.14. The molecule has 1 atom stereocenters. The van der Waals surface area contributed by atoms with Gasteiger partial charge < -0.3 is 5.73 Å². The molecule has 1 aromatic heterocycles. The van der Waals surface area contributed by atoms with Gasteiger partial charge in [-0.15, -0.1) is 0 Å². The molecule has 0 saturated carbocycles. The van der Waals surface area contributed by atoms with Crippen LogP contribution in [0.5, 0.6) is 0 Å². The standard InChI is InChI=1S/C16H22N2/c1-12(2)6-5-9-15(17)16-14-8-4-3-7-13(14)10-11-18-16/h3-4,7-8,10-12,15H,5-6,9,17H2,1-2H3. The molecular weight excluding hydrogens is 220 g/mol. The molecule has 1 heterocycles. The van der Waals surface area contributed by atoms with E-state index < -0.39 is 0 Å². The van der Waals surface area contributed by atoms with Gasteiger partial charge in [0, 0.05) is 17.6 Å². The van der Waals surface area contributed by atoms with Gasteiger partial charge in [0.15, 0.2) is 0 Å². The van der Waals surface area contributed by atoms with E-state index in [1.165, 1.54) is 23.6 Å². The van der Waals surface area contributed by atoms with Crippen molar-refractivity contribution in [2.75, 3.05) is 0 Å². The van der Waals surface area contributed by atoms with Crippen LogP contribution in [0.2, 0.25) is 0 Å².